The van der Waals surface area contributed by atoms with E-state index in [0.29, 0.717) is 41.2 Å². The summed E-state index contributed by atoms with van der Waals surface area (Å²) in [4.78, 5) is 47.0. The SMILES string of the molecule is CCSc1cnc(CNc2nc3cnc(-c4c(C)ncnc4C4CC4)nc3n([C@H](C)C3CCC3)c2=O)nc1. The van der Waals surface area contributed by atoms with Crippen molar-refractivity contribution in [2.24, 2.45) is 5.92 Å². The Morgan fingerprint density at radius 1 is 1.05 bits per heavy atom. The molecule has 2 aliphatic rings. The lowest BCUT2D eigenvalue weighted by Gasteiger charge is -2.33. The largest absolute Gasteiger partial charge is 0.358 e. The predicted octanol–water partition coefficient (Wildman–Crippen LogP) is 4.70. The molecule has 0 aromatic carbocycles. The van der Waals surface area contributed by atoms with Crippen molar-refractivity contribution < 1.29 is 0 Å². The van der Waals surface area contributed by atoms with E-state index < -0.39 is 0 Å². The van der Waals surface area contributed by atoms with Gasteiger partial charge in [-0.25, -0.2) is 34.9 Å². The van der Waals surface area contributed by atoms with Crippen LogP contribution in [0.3, 0.4) is 0 Å². The maximum Gasteiger partial charge on any atom is 0.295 e. The summed E-state index contributed by atoms with van der Waals surface area (Å²) in [6.45, 7) is 6.46. The molecule has 6 rings (SSSR count). The Balaban J connectivity index is 1.40. The van der Waals surface area contributed by atoms with Gasteiger partial charge in [0.05, 0.1) is 29.7 Å². The molecule has 0 saturated heterocycles. The van der Waals surface area contributed by atoms with Gasteiger partial charge in [-0.15, -0.1) is 11.8 Å². The highest BCUT2D eigenvalue weighted by atomic mass is 32.2. The van der Waals surface area contributed by atoms with E-state index >= 15 is 0 Å². The van der Waals surface area contributed by atoms with Gasteiger partial charge < -0.3 is 5.32 Å². The quantitative estimate of drug-likeness (QED) is 0.305. The Hall–Kier alpha value is -3.47. The van der Waals surface area contributed by atoms with E-state index in [1.807, 2.05) is 19.3 Å². The van der Waals surface area contributed by atoms with Crippen LogP contribution in [0.5, 0.6) is 0 Å². The zero-order valence-electron chi connectivity index (χ0n) is 21.9. The van der Waals surface area contributed by atoms with E-state index in [1.54, 1.807) is 28.9 Å². The Kier molecular flexibility index (Phi) is 6.77. The van der Waals surface area contributed by atoms with Crippen molar-refractivity contribution in [1.82, 2.24) is 39.5 Å². The Morgan fingerprint density at radius 3 is 2.53 bits per heavy atom. The second-order valence-corrected chi connectivity index (χ2v) is 11.4. The van der Waals surface area contributed by atoms with Crippen LogP contribution in [0.2, 0.25) is 0 Å². The molecule has 0 spiro atoms. The summed E-state index contributed by atoms with van der Waals surface area (Å²) in [6, 6.07) is -0.0114. The first-order valence-electron chi connectivity index (χ1n) is 13.3. The number of hydrogen-bond acceptors (Lipinski definition) is 10. The number of nitrogens with zero attached hydrogens (tertiary/aromatic N) is 8. The molecule has 0 bridgehead atoms. The van der Waals surface area contributed by atoms with Crippen LogP contribution in [0.4, 0.5) is 5.82 Å². The Labute approximate surface area is 225 Å². The summed E-state index contributed by atoms with van der Waals surface area (Å²) in [5, 5.41) is 3.18. The molecule has 1 N–H and O–H groups in total. The maximum absolute atomic E-state index is 13.8. The van der Waals surface area contributed by atoms with Crippen LogP contribution < -0.4 is 10.9 Å². The average Bonchev–Trinajstić information content (AvgIpc) is 3.73. The third-order valence-corrected chi connectivity index (χ3v) is 8.36. The molecule has 4 aromatic rings. The number of thioether (sulfide) groups is 1. The number of rotatable bonds is 9. The van der Waals surface area contributed by atoms with Crippen LogP contribution in [0.1, 0.15) is 75.1 Å². The minimum Gasteiger partial charge on any atom is -0.358 e. The summed E-state index contributed by atoms with van der Waals surface area (Å²) in [5.41, 5.74) is 3.64. The van der Waals surface area contributed by atoms with Gasteiger partial charge in [-0.05, 0) is 51.2 Å². The fourth-order valence-electron chi connectivity index (χ4n) is 5.02. The average molecular weight is 530 g/mol. The van der Waals surface area contributed by atoms with E-state index in [4.69, 9.17) is 4.98 Å². The van der Waals surface area contributed by atoms with Gasteiger partial charge >= 0.3 is 0 Å². The van der Waals surface area contributed by atoms with Gasteiger partial charge in [0.1, 0.15) is 17.7 Å². The second kappa shape index (κ2) is 10.4. The van der Waals surface area contributed by atoms with Gasteiger partial charge in [0, 0.05) is 29.2 Å². The predicted molar refractivity (Wildman–Crippen MR) is 147 cm³/mol. The minimum atomic E-state index is -0.192. The van der Waals surface area contributed by atoms with E-state index in [1.165, 1.54) is 6.42 Å². The molecule has 1 atom stereocenters. The molecule has 11 heteroatoms. The van der Waals surface area contributed by atoms with Crippen molar-refractivity contribution in [3.63, 3.8) is 0 Å². The van der Waals surface area contributed by atoms with E-state index in [9.17, 15) is 4.79 Å². The van der Waals surface area contributed by atoms with Crippen LogP contribution in [0, 0.1) is 12.8 Å². The molecule has 4 heterocycles. The third-order valence-electron chi connectivity index (χ3n) is 7.53. The Bertz CT molecular complexity index is 1530. The molecule has 0 aliphatic heterocycles. The van der Waals surface area contributed by atoms with Crippen LogP contribution in [-0.2, 0) is 6.54 Å². The molecule has 38 heavy (non-hydrogen) atoms. The fraction of sp³-hybridized carbons (Fsp3) is 0.481. The fourth-order valence-corrected chi connectivity index (χ4v) is 5.61. The monoisotopic (exact) mass is 529 g/mol. The molecule has 0 unspecified atom stereocenters. The summed E-state index contributed by atoms with van der Waals surface area (Å²) in [7, 11) is 0. The molecule has 2 fully saturated rings. The van der Waals surface area contributed by atoms with Crippen molar-refractivity contribution in [3.05, 3.63) is 52.5 Å². The highest BCUT2D eigenvalue weighted by Gasteiger charge is 2.31. The van der Waals surface area contributed by atoms with Crippen LogP contribution in [0.15, 0.2) is 34.6 Å². The maximum atomic E-state index is 13.8. The minimum absolute atomic E-state index is 0.0114. The Morgan fingerprint density at radius 2 is 1.84 bits per heavy atom. The molecule has 10 nitrogen and oxygen atoms in total. The van der Waals surface area contributed by atoms with Crippen molar-refractivity contribution in [2.75, 3.05) is 11.1 Å². The molecular weight excluding hydrogens is 498 g/mol. The first-order chi connectivity index (χ1) is 18.5. The first-order valence-corrected chi connectivity index (χ1v) is 14.3. The third kappa shape index (κ3) is 4.75. The lowest BCUT2D eigenvalue weighted by molar-refractivity contribution is 0.222. The molecule has 0 radical (unpaired) electrons. The lowest BCUT2D eigenvalue weighted by atomic mass is 9.80. The highest BCUT2D eigenvalue weighted by Crippen LogP contribution is 2.43. The van der Waals surface area contributed by atoms with E-state index in [2.05, 4.69) is 49.1 Å². The molecular formula is C27H31N9OS. The summed E-state index contributed by atoms with van der Waals surface area (Å²) in [5.74, 6) is 3.22. The van der Waals surface area contributed by atoms with Gasteiger partial charge in [-0.2, -0.15) is 0 Å². The van der Waals surface area contributed by atoms with Crippen molar-refractivity contribution in [2.45, 2.75) is 76.3 Å². The molecule has 4 aromatic heterocycles. The molecule has 0 amide bonds. The number of aryl methyl sites for hydroxylation is 1. The number of nitrogens with one attached hydrogen (secondary N) is 1. The van der Waals surface area contributed by atoms with E-state index in [0.717, 1.165) is 53.3 Å². The zero-order chi connectivity index (χ0) is 26.2. The number of anilines is 1. The van der Waals surface area contributed by atoms with Crippen LogP contribution in [0.25, 0.3) is 22.6 Å². The topological polar surface area (TPSA) is 124 Å². The summed E-state index contributed by atoms with van der Waals surface area (Å²) in [6.07, 6.45) is 12.6. The van der Waals surface area contributed by atoms with Crippen molar-refractivity contribution in [3.8, 4) is 11.4 Å². The lowest BCUT2D eigenvalue weighted by Crippen LogP contribution is -2.34. The van der Waals surface area contributed by atoms with E-state index in [-0.39, 0.29) is 17.4 Å². The van der Waals surface area contributed by atoms with Gasteiger partial charge in [0.15, 0.2) is 17.3 Å². The number of fused-ring (bicyclic) bond motifs is 1. The first kappa shape index (κ1) is 24.8. The van der Waals surface area contributed by atoms with Gasteiger partial charge in [0.2, 0.25) is 0 Å². The molecule has 2 saturated carbocycles. The van der Waals surface area contributed by atoms with Gasteiger partial charge in [-0.1, -0.05) is 13.3 Å². The summed E-state index contributed by atoms with van der Waals surface area (Å²) >= 11 is 1.69. The second-order valence-electron chi connectivity index (χ2n) is 10.1. The number of hydrogen-bond donors (Lipinski definition) is 1. The van der Waals surface area contributed by atoms with Crippen molar-refractivity contribution in [1.29, 1.82) is 0 Å². The number of aromatic nitrogens is 8. The van der Waals surface area contributed by atoms with Crippen LogP contribution in [-0.4, -0.2) is 45.2 Å². The standard InChI is InChI=1S/C27H31N9OS/c1-4-38-19-10-28-21(29-11-19)13-31-25-27(37)36(16(3)17-6-5-7-17)26-20(34-25)12-30-24(35-26)22-15(2)32-14-33-23(22)18-8-9-18/h10-12,14,16-18H,4-9,13H2,1-3H3,(H,31,34)/t16-/m1/s1. The van der Waals surface area contributed by atoms with Crippen LogP contribution >= 0.6 is 11.8 Å². The highest BCUT2D eigenvalue weighted by molar-refractivity contribution is 7.99. The van der Waals surface area contributed by atoms with Gasteiger partial charge in [0.25, 0.3) is 5.56 Å². The molecule has 2 aliphatic carbocycles. The van der Waals surface area contributed by atoms with Crippen molar-refractivity contribution >= 4 is 28.7 Å². The normalized spacial score (nSPS) is 16.4. The smallest absolute Gasteiger partial charge is 0.295 e. The van der Waals surface area contributed by atoms with Gasteiger partial charge in [-0.3, -0.25) is 9.36 Å². The zero-order valence-corrected chi connectivity index (χ0v) is 22.7. The molecule has 196 valence electrons. The summed E-state index contributed by atoms with van der Waals surface area (Å²) < 4.78 is 1.80.